The Bertz CT molecular complexity index is 407. The van der Waals surface area contributed by atoms with E-state index in [-0.39, 0.29) is 5.78 Å². The van der Waals surface area contributed by atoms with Crippen molar-refractivity contribution < 1.29 is 4.79 Å². The largest absolute Gasteiger partial charge is 0.296 e. The third-order valence-electron chi connectivity index (χ3n) is 4.01. The lowest BCUT2D eigenvalue weighted by atomic mass is 10.1. The van der Waals surface area contributed by atoms with Crippen LogP contribution < -0.4 is 0 Å². The quantitative estimate of drug-likeness (QED) is 0.608. The Morgan fingerprint density at radius 1 is 1.16 bits per heavy atom. The van der Waals surface area contributed by atoms with Crippen molar-refractivity contribution in [3.63, 3.8) is 0 Å². The average molecular weight is 324 g/mol. The topological polar surface area (TPSA) is 20.3 Å². The summed E-state index contributed by atoms with van der Waals surface area (Å²) >= 11 is 3.39. The summed E-state index contributed by atoms with van der Waals surface area (Å²) in [5.41, 5.74) is 0.809. The molecule has 0 amide bonds. The van der Waals surface area contributed by atoms with Crippen molar-refractivity contribution in [2.45, 2.75) is 44.6 Å². The average Bonchev–Trinajstić information content (AvgIpc) is 2.68. The lowest BCUT2D eigenvalue weighted by molar-refractivity contribution is 0.0912. The van der Waals surface area contributed by atoms with E-state index in [0.29, 0.717) is 12.6 Å². The number of ketones is 1. The molecule has 0 heterocycles. The van der Waals surface area contributed by atoms with Crippen LogP contribution in [-0.4, -0.2) is 30.3 Å². The maximum Gasteiger partial charge on any atom is 0.176 e. The Hall–Kier alpha value is -0.670. The molecule has 2 rings (SSSR count). The Labute approximate surface area is 124 Å². The van der Waals surface area contributed by atoms with Crippen LogP contribution in [0.5, 0.6) is 0 Å². The van der Waals surface area contributed by atoms with Gasteiger partial charge in [0.2, 0.25) is 0 Å². The maximum absolute atomic E-state index is 12.2. The van der Waals surface area contributed by atoms with Gasteiger partial charge in [0.1, 0.15) is 0 Å². The SMILES string of the molecule is CN(CC(=O)c1ccc(Br)cc1)C1CCCCCC1. The molecule has 0 saturated heterocycles. The third-order valence-corrected chi connectivity index (χ3v) is 4.54. The van der Waals surface area contributed by atoms with Gasteiger partial charge in [-0.05, 0) is 32.0 Å². The van der Waals surface area contributed by atoms with Crippen LogP contribution in [0.1, 0.15) is 48.9 Å². The Morgan fingerprint density at radius 2 is 1.74 bits per heavy atom. The van der Waals surface area contributed by atoms with Gasteiger partial charge in [0.05, 0.1) is 6.54 Å². The monoisotopic (exact) mass is 323 g/mol. The fraction of sp³-hybridized carbons (Fsp3) is 0.562. The normalized spacial score (nSPS) is 17.4. The number of rotatable bonds is 4. The highest BCUT2D eigenvalue weighted by Crippen LogP contribution is 2.21. The summed E-state index contributed by atoms with van der Waals surface area (Å²) in [5.74, 6) is 0.222. The van der Waals surface area contributed by atoms with E-state index in [4.69, 9.17) is 0 Å². The lowest BCUT2D eigenvalue weighted by Crippen LogP contribution is -2.35. The molecule has 3 heteroatoms. The molecule has 0 N–H and O–H groups in total. The summed E-state index contributed by atoms with van der Waals surface area (Å²) in [6.07, 6.45) is 7.80. The van der Waals surface area contributed by atoms with Crippen LogP contribution in [0, 0.1) is 0 Å². The number of hydrogen-bond donors (Lipinski definition) is 0. The molecule has 0 aliphatic heterocycles. The third kappa shape index (κ3) is 4.43. The van der Waals surface area contributed by atoms with Crippen molar-refractivity contribution in [2.75, 3.05) is 13.6 Å². The smallest absolute Gasteiger partial charge is 0.176 e. The molecule has 0 aromatic heterocycles. The molecule has 104 valence electrons. The zero-order chi connectivity index (χ0) is 13.7. The Morgan fingerprint density at radius 3 is 2.32 bits per heavy atom. The molecule has 2 nitrogen and oxygen atoms in total. The van der Waals surface area contributed by atoms with Gasteiger partial charge < -0.3 is 0 Å². The second-order valence-corrected chi connectivity index (χ2v) is 6.41. The second-order valence-electron chi connectivity index (χ2n) is 5.49. The van der Waals surface area contributed by atoms with Gasteiger partial charge in [0.25, 0.3) is 0 Å². The number of carbonyl (C=O) groups excluding carboxylic acids is 1. The summed E-state index contributed by atoms with van der Waals surface area (Å²) in [6.45, 7) is 0.534. The highest BCUT2D eigenvalue weighted by molar-refractivity contribution is 9.10. The van der Waals surface area contributed by atoms with Crippen molar-refractivity contribution in [3.05, 3.63) is 34.3 Å². The standard InChI is InChI=1S/C16H22BrNO/c1-18(15-6-4-2-3-5-7-15)12-16(19)13-8-10-14(17)11-9-13/h8-11,15H,2-7,12H2,1H3. The van der Waals surface area contributed by atoms with E-state index < -0.39 is 0 Å². The highest BCUT2D eigenvalue weighted by atomic mass is 79.9. The van der Waals surface area contributed by atoms with Gasteiger partial charge in [-0.2, -0.15) is 0 Å². The Kier molecular flexibility index (Phi) is 5.59. The van der Waals surface area contributed by atoms with Crippen LogP contribution in [0.15, 0.2) is 28.7 Å². The van der Waals surface area contributed by atoms with Crippen molar-refractivity contribution in [1.29, 1.82) is 0 Å². The number of Topliss-reactive ketones (excluding diaryl/α,β-unsaturated/α-hetero) is 1. The van der Waals surface area contributed by atoms with Gasteiger partial charge in [-0.1, -0.05) is 53.7 Å². The number of likely N-dealkylation sites (N-methyl/N-ethyl adjacent to an activating group) is 1. The summed E-state index contributed by atoms with van der Waals surface area (Å²) in [5, 5.41) is 0. The number of benzene rings is 1. The first-order valence-corrected chi connectivity index (χ1v) is 7.95. The summed E-state index contributed by atoms with van der Waals surface area (Å²) in [7, 11) is 2.09. The van der Waals surface area contributed by atoms with Crippen LogP contribution in [-0.2, 0) is 0 Å². The zero-order valence-electron chi connectivity index (χ0n) is 11.6. The number of nitrogens with zero attached hydrogens (tertiary/aromatic N) is 1. The first-order chi connectivity index (χ1) is 9.16. The van der Waals surface area contributed by atoms with Crippen molar-refractivity contribution in [2.24, 2.45) is 0 Å². The fourth-order valence-corrected chi connectivity index (χ4v) is 3.05. The molecule has 1 aromatic carbocycles. The molecule has 1 saturated carbocycles. The van der Waals surface area contributed by atoms with Gasteiger partial charge in [-0.15, -0.1) is 0 Å². The number of halogens is 1. The number of carbonyl (C=O) groups is 1. The number of hydrogen-bond acceptors (Lipinski definition) is 2. The molecular weight excluding hydrogens is 302 g/mol. The van der Waals surface area contributed by atoms with Crippen LogP contribution >= 0.6 is 15.9 Å². The fourth-order valence-electron chi connectivity index (χ4n) is 2.78. The Balaban J connectivity index is 1.92. The van der Waals surface area contributed by atoms with Crippen molar-refractivity contribution in [3.8, 4) is 0 Å². The van der Waals surface area contributed by atoms with Crippen LogP contribution in [0.3, 0.4) is 0 Å². The van der Waals surface area contributed by atoms with E-state index >= 15 is 0 Å². The minimum atomic E-state index is 0.222. The van der Waals surface area contributed by atoms with E-state index in [0.717, 1.165) is 10.0 Å². The summed E-state index contributed by atoms with van der Waals surface area (Å²) in [4.78, 5) is 14.5. The lowest BCUT2D eigenvalue weighted by Gasteiger charge is -2.26. The maximum atomic E-state index is 12.2. The van der Waals surface area contributed by atoms with Gasteiger partial charge in [0.15, 0.2) is 5.78 Å². The molecule has 0 atom stereocenters. The zero-order valence-corrected chi connectivity index (χ0v) is 13.2. The molecule has 19 heavy (non-hydrogen) atoms. The van der Waals surface area contributed by atoms with Crippen molar-refractivity contribution >= 4 is 21.7 Å². The molecular formula is C16H22BrNO. The van der Waals surface area contributed by atoms with E-state index in [1.807, 2.05) is 24.3 Å². The van der Waals surface area contributed by atoms with Gasteiger partial charge in [0, 0.05) is 16.1 Å². The molecule has 0 bridgehead atoms. The minimum Gasteiger partial charge on any atom is -0.296 e. The summed E-state index contributed by atoms with van der Waals surface area (Å²) in [6, 6.07) is 8.24. The van der Waals surface area contributed by atoms with Gasteiger partial charge in [-0.3, -0.25) is 9.69 Å². The van der Waals surface area contributed by atoms with E-state index in [2.05, 4.69) is 27.9 Å². The van der Waals surface area contributed by atoms with Crippen LogP contribution in [0.25, 0.3) is 0 Å². The van der Waals surface area contributed by atoms with Crippen LogP contribution in [0.2, 0.25) is 0 Å². The van der Waals surface area contributed by atoms with Gasteiger partial charge >= 0.3 is 0 Å². The second kappa shape index (κ2) is 7.20. The van der Waals surface area contributed by atoms with E-state index in [1.54, 1.807) is 0 Å². The molecule has 0 unspecified atom stereocenters. The van der Waals surface area contributed by atoms with Crippen LogP contribution in [0.4, 0.5) is 0 Å². The highest BCUT2D eigenvalue weighted by Gasteiger charge is 2.19. The molecule has 1 aromatic rings. The minimum absolute atomic E-state index is 0.222. The molecule has 0 radical (unpaired) electrons. The molecule has 0 spiro atoms. The van der Waals surface area contributed by atoms with Gasteiger partial charge in [-0.25, -0.2) is 0 Å². The molecule has 1 aliphatic carbocycles. The predicted octanol–water partition coefficient (Wildman–Crippen LogP) is 4.29. The molecule has 1 fully saturated rings. The predicted molar refractivity (Wildman–Crippen MR) is 82.6 cm³/mol. The van der Waals surface area contributed by atoms with E-state index in [9.17, 15) is 4.79 Å². The first-order valence-electron chi connectivity index (χ1n) is 7.16. The summed E-state index contributed by atoms with van der Waals surface area (Å²) < 4.78 is 1.01. The molecule has 1 aliphatic rings. The van der Waals surface area contributed by atoms with Crippen molar-refractivity contribution in [1.82, 2.24) is 4.90 Å². The first kappa shape index (κ1) is 14.7. The van der Waals surface area contributed by atoms with E-state index in [1.165, 1.54) is 38.5 Å².